The van der Waals surface area contributed by atoms with E-state index in [0.717, 1.165) is 44.8 Å². The second-order valence-electron chi connectivity index (χ2n) is 8.54. The van der Waals surface area contributed by atoms with Crippen molar-refractivity contribution < 1.29 is 4.79 Å². The predicted molar refractivity (Wildman–Crippen MR) is 124 cm³/mol. The van der Waals surface area contributed by atoms with Crippen LogP contribution < -0.4 is 10.3 Å². The van der Waals surface area contributed by atoms with Crippen LogP contribution in [0.15, 0.2) is 41.5 Å². The molecular formula is C24H35N5O. The number of hydrogen-bond donors (Lipinski definition) is 1. The van der Waals surface area contributed by atoms with Gasteiger partial charge in [-0.2, -0.15) is 5.10 Å². The molecule has 162 valence electrons. The molecule has 0 radical (unpaired) electrons. The number of para-hydroxylation sites is 1. The highest BCUT2D eigenvalue weighted by Crippen LogP contribution is 2.16. The average Bonchev–Trinajstić information content (AvgIpc) is 3.00. The fraction of sp³-hybridized carbons (Fsp3) is 0.500. The number of hydrogen-bond acceptors (Lipinski definition) is 4. The van der Waals surface area contributed by atoms with Gasteiger partial charge in [-0.1, -0.05) is 32.0 Å². The first-order valence-electron chi connectivity index (χ1n) is 10.9. The molecule has 1 aromatic carbocycles. The van der Waals surface area contributed by atoms with Crippen LogP contribution in [0.3, 0.4) is 0 Å². The van der Waals surface area contributed by atoms with Crippen LogP contribution in [0.1, 0.15) is 37.2 Å². The van der Waals surface area contributed by atoms with E-state index in [1.54, 1.807) is 6.21 Å². The Morgan fingerprint density at radius 1 is 1.13 bits per heavy atom. The van der Waals surface area contributed by atoms with Crippen LogP contribution >= 0.6 is 0 Å². The van der Waals surface area contributed by atoms with E-state index < -0.39 is 0 Å². The van der Waals surface area contributed by atoms with Crippen molar-refractivity contribution in [2.75, 3.05) is 37.6 Å². The largest absolute Gasteiger partial charge is 0.369 e. The highest BCUT2D eigenvalue weighted by Gasteiger charge is 2.17. The summed E-state index contributed by atoms with van der Waals surface area (Å²) in [5, 5.41) is 4.19. The third-order valence-electron chi connectivity index (χ3n) is 5.70. The summed E-state index contributed by atoms with van der Waals surface area (Å²) >= 11 is 0. The smallest absolute Gasteiger partial charge is 0.241 e. The number of rotatable bonds is 8. The van der Waals surface area contributed by atoms with Crippen LogP contribution in [0.4, 0.5) is 5.69 Å². The maximum Gasteiger partial charge on any atom is 0.241 e. The molecular weight excluding hydrogens is 374 g/mol. The van der Waals surface area contributed by atoms with Gasteiger partial charge in [-0.15, -0.1) is 0 Å². The monoisotopic (exact) mass is 409 g/mol. The van der Waals surface area contributed by atoms with E-state index in [1.165, 1.54) is 17.1 Å². The molecule has 0 saturated carbocycles. The van der Waals surface area contributed by atoms with Crippen molar-refractivity contribution >= 4 is 17.8 Å². The second-order valence-corrected chi connectivity index (χ2v) is 8.54. The highest BCUT2D eigenvalue weighted by molar-refractivity contribution is 5.83. The zero-order valence-electron chi connectivity index (χ0n) is 18.8. The number of nitrogens with zero attached hydrogens (tertiary/aromatic N) is 4. The molecule has 2 aromatic rings. The number of anilines is 1. The first kappa shape index (κ1) is 22.1. The zero-order chi connectivity index (χ0) is 21.5. The maximum absolute atomic E-state index is 12.2. The molecule has 0 unspecified atom stereocenters. The Morgan fingerprint density at radius 3 is 2.50 bits per heavy atom. The van der Waals surface area contributed by atoms with Gasteiger partial charge < -0.3 is 9.47 Å². The number of nitrogens with one attached hydrogen (secondary N) is 1. The Labute approximate surface area is 180 Å². The molecule has 0 atom stereocenters. The Bertz CT molecular complexity index is 848. The first-order valence-corrected chi connectivity index (χ1v) is 10.9. The number of carbonyl (C=O) groups excluding carboxylic acids is 1. The van der Waals surface area contributed by atoms with Crippen molar-refractivity contribution in [2.24, 2.45) is 11.0 Å². The predicted octanol–water partition coefficient (Wildman–Crippen LogP) is 3.42. The number of carbonyl (C=O) groups is 1. The molecule has 0 spiro atoms. The van der Waals surface area contributed by atoms with Gasteiger partial charge in [0.15, 0.2) is 0 Å². The fourth-order valence-electron chi connectivity index (χ4n) is 3.96. The lowest BCUT2D eigenvalue weighted by atomic mass is 10.2. The lowest BCUT2D eigenvalue weighted by Crippen LogP contribution is -2.47. The standard InChI is InChI=1S/C24H35N5O/c1-19(2)18-29-20(3)16-22(21(29)4)17-25-26-24(30)10-11-27-12-14-28(15-13-27)23-8-6-5-7-9-23/h5-9,16-17,19H,10-15,18H2,1-4H3,(H,26,30). The maximum atomic E-state index is 12.2. The summed E-state index contributed by atoms with van der Waals surface area (Å²) in [6.07, 6.45) is 2.23. The second kappa shape index (κ2) is 10.4. The van der Waals surface area contributed by atoms with E-state index in [-0.39, 0.29) is 5.91 Å². The van der Waals surface area contributed by atoms with E-state index in [9.17, 15) is 4.79 Å². The lowest BCUT2D eigenvalue weighted by molar-refractivity contribution is -0.121. The molecule has 30 heavy (non-hydrogen) atoms. The first-order chi connectivity index (χ1) is 14.4. The minimum Gasteiger partial charge on any atom is -0.369 e. The van der Waals surface area contributed by atoms with E-state index in [0.29, 0.717) is 12.3 Å². The summed E-state index contributed by atoms with van der Waals surface area (Å²) in [6, 6.07) is 12.6. The van der Waals surface area contributed by atoms with Gasteiger partial charge in [0.05, 0.1) is 6.21 Å². The van der Waals surface area contributed by atoms with Crippen molar-refractivity contribution in [3.8, 4) is 0 Å². The molecule has 1 N–H and O–H groups in total. The number of benzene rings is 1. The van der Waals surface area contributed by atoms with Gasteiger partial charge in [-0.25, -0.2) is 5.43 Å². The van der Waals surface area contributed by atoms with Gasteiger partial charge >= 0.3 is 0 Å². The number of piperazine rings is 1. The summed E-state index contributed by atoms with van der Waals surface area (Å²) in [7, 11) is 0. The lowest BCUT2D eigenvalue weighted by Gasteiger charge is -2.36. The molecule has 6 heteroatoms. The van der Waals surface area contributed by atoms with E-state index >= 15 is 0 Å². The van der Waals surface area contributed by atoms with Gasteiger partial charge in [0.1, 0.15) is 0 Å². The Morgan fingerprint density at radius 2 is 1.83 bits per heavy atom. The summed E-state index contributed by atoms with van der Waals surface area (Å²) in [5.41, 5.74) is 7.44. The molecule has 6 nitrogen and oxygen atoms in total. The Kier molecular flexibility index (Phi) is 7.69. The molecule has 3 rings (SSSR count). The van der Waals surface area contributed by atoms with Crippen molar-refractivity contribution in [3.05, 3.63) is 53.3 Å². The Hall–Kier alpha value is -2.60. The third-order valence-corrected chi connectivity index (χ3v) is 5.70. The van der Waals surface area contributed by atoms with Crippen LogP contribution in [0.2, 0.25) is 0 Å². The van der Waals surface area contributed by atoms with E-state index in [4.69, 9.17) is 0 Å². The van der Waals surface area contributed by atoms with E-state index in [2.05, 4.69) is 82.9 Å². The summed E-state index contributed by atoms with van der Waals surface area (Å²) in [5.74, 6) is 0.557. The quantitative estimate of drug-likeness (QED) is 0.537. The summed E-state index contributed by atoms with van der Waals surface area (Å²) in [4.78, 5) is 16.9. The van der Waals surface area contributed by atoms with Gasteiger partial charge in [0.2, 0.25) is 5.91 Å². The van der Waals surface area contributed by atoms with Gasteiger partial charge in [0.25, 0.3) is 0 Å². The van der Waals surface area contributed by atoms with Crippen LogP contribution in [0.25, 0.3) is 0 Å². The van der Waals surface area contributed by atoms with Gasteiger partial charge in [-0.05, 0) is 38.0 Å². The molecule has 1 aromatic heterocycles. The van der Waals surface area contributed by atoms with Crippen LogP contribution in [0, 0.1) is 19.8 Å². The molecule has 0 aliphatic carbocycles. The highest BCUT2D eigenvalue weighted by atomic mass is 16.2. The van der Waals surface area contributed by atoms with E-state index in [1.807, 2.05) is 6.07 Å². The van der Waals surface area contributed by atoms with Crippen molar-refractivity contribution in [1.82, 2.24) is 14.9 Å². The van der Waals surface area contributed by atoms with Gasteiger partial charge in [-0.3, -0.25) is 9.69 Å². The zero-order valence-corrected chi connectivity index (χ0v) is 18.8. The van der Waals surface area contributed by atoms with Crippen molar-refractivity contribution in [2.45, 2.75) is 40.7 Å². The van der Waals surface area contributed by atoms with Crippen molar-refractivity contribution in [3.63, 3.8) is 0 Å². The van der Waals surface area contributed by atoms with Crippen LogP contribution in [-0.2, 0) is 11.3 Å². The molecule has 0 bridgehead atoms. The van der Waals surface area contributed by atoms with Crippen molar-refractivity contribution in [1.29, 1.82) is 0 Å². The number of aryl methyl sites for hydroxylation is 1. The minimum absolute atomic E-state index is 0.0345. The Balaban J connectivity index is 1.40. The summed E-state index contributed by atoms with van der Waals surface area (Å²) < 4.78 is 2.31. The molecule has 1 amide bonds. The molecule has 1 fully saturated rings. The number of hydrazone groups is 1. The minimum atomic E-state index is -0.0345. The fourth-order valence-corrected chi connectivity index (χ4v) is 3.96. The third kappa shape index (κ3) is 5.95. The molecule has 1 saturated heterocycles. The number of aromatic nitrogens is 1. The van der Waals surface area contributed by atoms with Gasteiger partial charge in [0, 0.05) is 68.3 Å². The molecule has 2 heterocycles. The normalized spacial score (nSPS) is 15.3. The number of amides is 1. The molecule has 1 aliphatic rings. The SMILES string of the molecule is Cc1cc(C=NNC(=O)CCN2CCN(c3ccccc3)CC2)c(C)n1CC(C)C. The average molecular weight is 410 g/mol. The topological polar surface area (TPSA) is 52.9 Å². The summed E-state index contributed by atoms with van der Waals surface area (Å²) in [6.45, 7) is 14.4. The molecule has 1 aliphatic heterocycles. The van der Waals surface area contributed by atoms with Crippen LogP contribution in [0.5, 0.6) is 0 Å². The van der Waals surface area contributed by atoms with Crippen LogP contribution in [-0.4, -0.2) is 54.3 Å².